The molecule has 2 aromatic rings. The Kier molecular flexibility index (Phi) is 6.14. The Morgan fingerprint density at radius 1 is 1.17 bits per heavy atom. The van der Waals surface area contributed by atoms with Gasteiger partial charge in [-0.05, 0) is 19.8 Å². The SMILES string of the molecule is Cc1ccc(-c2n[nH]c3c2CCN(C(=O)[C@@H]2C[C@H]2F)CC3)cc1.O=C(O)C(F)(F)F. The Bertz CT molecular complexity index is 924. The summed E-state index contributed by atoms with van der Waals surface area (Å²) in [6.07, 6.45) is -4.08. The first-order chi connectivity index (χ1) is 14.1. The average molecular weight is 427 g/mol. The summed E-state index contributed by atoms with van der Waals surface area (Å²) in [5, 5.41) is 14.7. The van der Waals surface area contributed by atoms with Crippen LogP contribution in [0.15, 0.2) is 24.3 Å². The van der Waals surface area contributed by atoms with Crippen molar-refractivity contribution in [3.63, 3.8) is 0 Å². The lowest BCUT2D eigenvalue weighted by Gasteiger charge is -2.20. The second-order valence-electron chi connectivity index (χ2n) is 7.38. The van der Waals surface area contributed by atoms with Crippen LogP contribution in [0, 0.1) is 12.8 Å². The van der Waals surface area contributed by atoms with Gasteiger partial charge in [-0.15, -0.1) is 0 Å². The van der Waals surface area contributed by atoms with E-state index in [0.717, 1.165) is 29.8 Å². The number of aromatic amines is 1. The van der Waals surface area contributed by atoms with Crippen molar-refractivity contribution in [3.05, 3.63) is 41.1 Å². The molecule has 0 radical (unpaired) electrons. The van der Waals surface area contributed by atoms with Crippen molar-refractivity contribution in [2.24, 2.45) is 5.92 Å². The molecule has 1 aromatic carbocycles. The van der Waals surface area contributed by atoms with Crippen molar-refractivity contribution in [1.29, 1.82) is 0 Å². The first-order valence-corrected chi connectivity index (χ1v) is 9.44. The van der Waals surface area contributed by atoms with E-state index in [2.05, 4.69) is 41.4 Å². The van der Waals surface area contributed by atoms with Gasteiger partial charge in [-0.25, -0.2) is 9.18 Å². The zero-order chi connectivity index (χ0) is 22.1. The van der Waals surface area contributed by atoms with E-state index < -0.39 is 18.3 Å². The van der Waals surface area contributed by atoms with Crippen LogP contribution in [-0.2, 0) is 22.4 Å². The molecular weight excluding hydrogens is 406 g/mol. The molecule has 2 N–H and O–H groups in total. The number of carbonyl (C=O) groups excluding carboxylic acids is 1. The summed E-state index contributed by atoms with van der Waals surface area (Å²) in [6.45, 7) is 3.35. The quantitative estimate of drug-likeness (QED) is 0.721. The summed E-state index contributed by atoms with van der Waals surface area (Å²) >= 11 is 0. The number of aliphatic carboxylic acids is 1. The van der Waals surface area contributed by atoms with Gasteiger partial charge in [0.15, 0.2) is 0 Å². The molecule has 2 heterocycles. The van der Waals surface area contributed by atoms with E-state index >= 15 is 0 Å². The highest BCUT2D eigenvalue weighted by molar-refractivity contribution is 5.82. The molecule has 10 heteroatoms. The predicted octanol–water partition coefficient (Wildman–Crippen LogP) is 3.30. The Morgan fingerprint density at radius 2 is 1.73 bits per heavy atom. The number of benzene rings is 1. The number of aromatic nitrogens is 2. The van der Waals surface area contributed by atoms with E-state index in [0.29, 0.717) is 19.5 Å². The molecule has 1 aliphatic carbocycles. The predicted molar refractivity (Wildman–Crippen MR) is 99.4 cm³/mol. The molecule has 1 amide bonds. The van der Waals surface area contributed by atoms with Gasteiger partial charge in [0.05, 0.1) is 11.6 Å². The van der Waals surface area contributed by atoms with Crippen LogP contribution >= 0.6 is 0 Å². The fraction of sp³-hybridized carbons (Fsp3) is 0.450. The van der Waals surface area contributed by atoms with Crippen molar-refractivity contribution in [2.75, 3.05) is 13.1 Å². The van der Waals surface area contributed by atoms with E-state index in [1.165, 1.54) is 11.1 Å². The first kappa shape index (κ1) is 21.8. The van der Waals surface area contributed by atoms with Crippen molar-refractivity contribution in [3.8, 4) is 11.3 Å². The molecule has 0 saturated heterocycles. The number of nitrogens with one attached hydrogen (secondary N) is 1. The number of amides is 1. The Labute approximate surface area is 169 Å². The number of carboxylic acids is 1. The molecule has 6 nitrogen and oxygen atoms in total. The number of H-pyrrole nitrogens is 1. The smallest absolute Gasteiger partial charge is 0.475 e. The van der Waals surface area contributed by atoms with Gasteiger partial charge in [0, 0.05) is 36.3 Å². The van der Waals surface area contributed by atoms with Crippen LogP contribution in [0.2, 0.25) is 0 Å². The van der Waals surface area contributed by atoms with Crippen LogP contribution in [0.25, 0.3) is 11.3 Å². The van der Waals surface area contributed by atoms with Gasteiger partial charge < -0.3 is 10.0 Å². The summed E-state index contributed by atoms with van der Waals surface area (Å²) in [6, 6.07) is 8.32. The molecule has 2 aliphatic rings. The molecule has 1 fully saturated rings. The van der Waals surface area contributed by atoms with Crippen molar-refractivity contribution >= 4 is 11.9 Å². The third kappa shape index (κ3) is 4.98. The maximum Gasteiger partial charge on any atom is 0.490 e. The zero-order valence-corrected chi connectivity index (χ0v) is 16.2. The van der Waals surface area contributed by atoms with Crippen molar-refractivity contribution < 1.29 is 32.3 Å². The lowest BCUT2D eigenvalue weighted by Crippen LogP contribution is -2.35. The van der Waals surface area contributed by atoms with Crippen molar-refractivity contribution in [2.45, 2.75) is 38.5 Å². The fourth-order valence-electron chi connectivity index (χ4n) is 3.31. The minimum absolute atomic E-state index is 0.0208. The molecule has 162 valence electrons. The molecule has 1 saturated carbocycles. The van der Waals surface area contributed by atoms with E-state index in [9.17, 15) is 22.4 Å². The zero-order valence-electron chi connectivity index (χ0n) is 16.2. The van der Waals surface area contributed by atoms with Crippen LogP contribution < -0.4 is 0 Å². The normalized spacial score (nSPS) is 20.5. The third-order valence-corrected chi connectivity index (χ3v) is 5.13. The number of hydrogen-bond donors (Lipinski definition) is 2. The Morgan fingerprint density at radius 3 is 2.27 bits per heavy atom. The van der Waals surface area contributed by atoms with Crippen LogP contribution in [-0.4, -0.2) is 57.5 Å². The van der Waals surface area contributed by atoms with Gasteiger partial charge >= 0.3 is 12.1 Å². The molecule has 2 atom stereocenters. The summed E-state index contributed by atoms with van der Waals surface area (Å²) in [4.78, 5) is 23.0. The highest BCUT2D eigenvalue weighted by Crippen LogP contribution is 2.36. The van der Waals surface area contributed by atoms with Gasteiger partial charge in [-0.2, -0.15) is 18.3 Å². The summed E-state index contributed by atoms with van der Waals surface area (Å²) in [7, 11) is 0. The molecule has 0 spiro atoms. The lowest BCUT2D eigenvalue weighted by molar-refractivity contribution is -0.192. The first-order valence-electron chi connectivity index (χ1n) is 9.44. The number of nitrogens with zero attached hydrogens (tertiary/aromatic N) is 2. The monoisotopic (exact) mass is 427 g/mol. The van der Waals surface area contributed by atoms with E-state index in [-0.39, 0.29) is 11.8 Å². The second-order valence-corrected chi connectivity index (χ2v) is 7.38. The Balaban J connectivity index is 0.000000318. The number of fused-ring (bicyclic) bond motifs is 1. The van der Waals surface area contributed by atoms with Gasteiger partial charge in [-0.1, -0.05) is 29.8 Å². The number of aryl methyl sites for hydroxylation is 1. The third-order valence-electron chi connectivity index (χ3n) is 5.13. The maximum atomic E-state index is 13.1. The molecule has 1 aliphatic heterocycles. The minimum Gasteiger partial charge on any atom is -0.475 e. The summed E-state index contributed by atoms with van der Waals surface area (Å²) in [5.41, 5.74) is 5.58. The van der Waals surface area contributed by atoms with Gasteiger partial charge in [0.25, 0.3) is 0 Å². The topological polar surface area (TPSA) is 86.3 Å². The highest BCUT2D eigenvalue weighted by atomic mass is 19.4. The molecule has 4 rings (SSSR count). The second kappa shape index (κ2) is 8.45. The maximum absolute atomic E-state index is 13.1. The Hall–Kier alpha value is -2.91. The van der Waals surface area contributed by atoms with E-state index in [1.807, 2.05) is 4.90 Å². The summed E-state index contributed by atoms with van der Waals surface area (Å²) in [5.74, 6) is -3.17. The number of alkyl halides is 4. The van der Waals surface area contributed by atoms with Crippen LogP contribution in [0.3, 0.4) is 0 Å². The number of carbonyl (C=O) groups is 2. The summed E-state index contributed by atoms with van der Waals surface area (Å²) < 4.78 is 44.9. The number of carboxylic acid groups (broad SMARTS) is 1. The highest BCUT2D eigenvalue weighted by Gasteiger charge is 2.45. The van der Waals surface area contributed by atoms with Crippen LogP contribution in [0.4, 0.5) is 17.6 Å². The lowest BCUT2D eigenvalue weighted by atomic mass is 10.0. The largest absolute Gasteiger partial charge is 0.490 e. The molecule has 0 unspecified atom stereocenters. The molecule has 30 heavy (non-hydrogen) atoms. The minimum atomic E-state index is -5.08. The fourth-order valence-corrected chi connectivity index (χ4v) is 3.31. The van der Waals surface area contributed by atoms with E-state index in [4.69, 9.17) is 9.90 Å². The molecular formula is C20H21F4N3O3. The van der Waals surface area contributed by atoms with E-state index in [1.54, 1.807) is 0 Å². The van der Waals surface area contributed by atoms with Crippen LogP contribution in [0.5, 0.6) is 0 Å². The average Bonchev–Trinajstić information content (AvgIpc) is 3.34. The molecule has 0 bridgehead atoms. The molecule has 1 aromatic heterocycles. The standard InChI is InChI=1S/C18H20FN3O.C2HF3O2/c1-11-2-4-12(5-3-11)17-13-6-8-22(9-7-16(13)20-21-17)18(23)14-10-15(14)19;3-2(4,5)1(6)7/h2-5,14-15H,6-10H2,1H3,(H,20,21);(H,6,7)/t14-,15-;/m1./s1. The van der Waals surface area contributed by atoms with Gasteiger partial charge in [-0.3, -0.25) is 9.89 Å². The van der Waals surface area contributed by atoms with Gasteiger partial charge in [0.2, 0.25) is 5.91 Å². The van der Waals surface area contributed by atoms with Crippen molar-refractivity contribution in [1.82, 2.24) is 15.1 Å². The number of hydrogen-bond acceptors (Lipinski definition) is 3. The number of rotatable bonds is 2. The van der Waals surface area contributed by atoms with Gasteiger partial charge in [0.1, 0.15) is 6.17 Å². The van der Waals surface area contributed by atoms with Crippen LogP contribution in [0.1, 0.15) is 23.2 Å². The number of halogens is 4.